The second-order valence-electron chi connectivity index (χ2n) is 7.78. The molecule has 3 aromatic rings. The van der Waals surface area contributed by atoms with E-state index in [1.54, 1.807) is 18.2 Å². The van der Waals surface area contributed by atoms with Gasteiger partial charge in [0.05, 0.1) is 21.2 Å². The SMILES string of the molecule is CCc1nc(N)nc(N)c1-c1ccc(NCCCNc2ccc([N+](=O)[O-])c3c2NON3)c([N+](=O)[O-])c1. The van der Waals surface area contributed by atoms with Crippen molar-refractivity contribution in [2.24, 2.45) is 0 Å². The van der Waals surface area contributed by atoms with Crippen molar-refractivity contribution in [3.63, 3.8) is 0 Å². The smallest absolute Gasteiger partial charge is 0.297 e. The van der Waals surface area contributed by atoms with Gasteiger partial charge < -0.3 is 22.1 Å². The molecule has 0 saturated heterocycles. The molecule has 0 aliphatic carbocycles. The first kappa shape index (κ1) is 24.2. The van der Waals surface area contributed by atoms with Crippen molar-refractivity contribution >= 4 is 45.9 Å². The molecule has 15 nitrogen and oxygen atoms in total. The van der Waals surface area contributed by atoms with E-state index in [1.165, 1.54) is 12.1 Å². The number of nitrogen functional groups attached to an aromatic ring is 2. The van der Waals surface area contributed by atoms with Crippen LogP contribution in [0.5, 0.6) is 0 Å². The Morgan fingerprint density at radius 1 is 0.944 bits per heavy atom. The van der Waals surface area contributed by atoms with Crippen LogP contribution >= 0.6 is 0 Å². The normalized spacial score (nSPS) is 11.8. The summed E-state index contributed by atoms with van der Waals surface area (Å²) >= 11 is 0. The molecule has 0 atom stereocenters. The molecule has 2 aromatic carbocycles. The summed E-state index contributed by atoms with van der Waals surface area (Å²) in [6.07, 6.45) is 1.13. The van der Waals surface area contributed by atoms with Crippen LogP contribution in [0.2, 0.25) is 0 Å². The van der Waals surface area contributed by atoms with Crippen LogP contribution in [-0.2, 0) is 11.4 Å². The Morgan fingerprint density at radius 2 is 1.61 bits per heavy atom. The molecule has 0 fully saturated rings. The number of nitrogens with zero attached hydrogens (tertiary/aromatic N) is 4. The van der Waals surface area contributed by atoms with Crippen LogP contribution in [0.3, 0.4) is 0 Å². The van der Waals surface area contributed by atoms with Crippen molar-refractivity contribution in [2.75, 3.05) is 46.2 Å². The zero-order chi connectivity index (χ0) is 25.8. The first-order chi connectivity index (χ1) is 17.3. The number of nitro groups is 2. The number of anilines is 6. The van der Waals surface area contributed by atoms with Crippen molar-refractivity contribution in [2.45, 2.75) is 19.8 Å². The van der Waals surface area contributed by atoms with Crippen LogP contribution in [0.1, 0.15) is 19.0 Å². The van der Waals surface area contributed by atoms with Gasteiger partial charge in [0.2, 0.25) is 5.95 Å². The van der Waals surface area contributed by atoms with E-state index in [-0.39, 0.29) is 28.8 Å². The molecule has 0 spiro atoms. The Bertz CT molecular complexity index is 1330. The molecule has 4 rings (SSSR count). The number of nitrogens with one attached hydrogen (secondary N) is 4. The van der Waals surface area contributed by atoms with Crippen LogP contribution in [0, 0.1) is 20.2 Å². The van der Waals surface area contributed by atoms with Gasteiger partial charge in [0.25, 0.3) is 11.4 Å². The second kappa shape index (κ2) is 10.1. The van der Waals surface area contributed by atoms with Crippen LogP contribution in [0.25, 0.3) is 11.1 Å². The summed E-state index contributed by atoms with van der Waals surface area (Å²) in [4.78, 5) is 35.0. The van der Waals surface area contributed by atoms with E-state index in [0.29, 0.717) is 59.8 Å². The molecule has 36 heavy (non-hydrogen) atoms. The highest BCUT2D eigenvalue weighted by molar-refractivity contribution is 5.89. The number of hydrogen-bond acceptors (Lipinski definition) is 13. The third-order valence-corrected chi connectivity index (χ3v) is 5.52. The predicted octanol–water partition coefficient (Wildman–Crippen LogP) is 3.28. The van der Waals surface area contributed by atoms with Gasteiger partial charge in [-0.15, -0.1) is 0 Å². The Labute approximate surface area is 204 Å². The van der Waals surface area contributed by atoms with E-state index in [9.17, 15) is 20.2 Å². The maximum atomic E-state index is 11.8. The minimum absolute atomic E-state index is 0.0488. The number of aryl methyl sites for hydroxylation is 1. The monoisotopic (exact) mass is 496 g/mol. The second-order valence-corrected chi connectivity index (χ2v) is 7.78. The van der Waals surface area contributed by atoms with E-state index in [4.69, 9.17) is 16.4 Å². The maximum Gasteiger partial charge on any atom is 0.297 e. The van der Waals surface area contributed by atoms with Gasteiger partial charge >= 0.3 is 0 Å². The van der Waals surface area contributed by atoms with Gasteiger partial charge in [0.1, 0.15) is 17.2 Å². The highest BCUT2D eigenvalue weighted by atomic mass is 16.8. The number of nitrogens with two attached hydrogens (primary N) is 2. The summed E-state index contributed by atoms with van der Waals surface area (Å²) in [5.74, 6) is 0.209. The van der Waals surface area contributed by atoms with Gasteiger partial charge in [0.15, 0.2) is 5.69 Å². The Hall–Kier alpha value is -4.92. The lowest BCUT2D eigenvalue weighted by Crippen LogP contribution is -2.11. The molecule has 0 radical (unpaired) electrons. The van der Waals surface area contributed by atoms with Crippen molar-refractivity contribution in [3.05, 3.63) is 56.3 Å². The molecule has 188 valence electrons. The molecule has 1 aromatic heterocycles. The van der Waals surface area contributed by atoms with Gasteiger partial charge in [0, 0.05) is 30.8 Å². The van der Waals surface area contributed by atoms with Gasteiger partial charge in [-0.3, -0.25) is 20.2 Å². The van der Waals surface area contributed by atoms with E-state index in [2.05, 4.69) is 31.6 Å². The molecule has 0 bridgehead atoms. The van der Waals surface area contributed by atoms with Crippen molar-refractivity contribution in [1.82, 2.24) is 9.97 Å². The topological polar surface area (TPSA) is 221 Å². The Balaban J connectivity index is 1.42. The molecule has 2 heterocycles. The number of hydrogen-bond donors (Lipinski definition) is 6. The quantitative estimate of drug-likeness (QED) is 0.135. The molecule has 0 amide bonds. The molecular formula is C21H24N10O5. The van der Waals surface area contributed by atoms with Crippen LogP contribution in [-0.4, -0.2) is 32.9 Å². The number of nitro benzene ring substituents is 2. The molecule has 0 saturated carbocycles. The Kier molecular flexibility index (Phi) is 6.82. The van der Waals surface area contributed by atoms with Gasteiger partial charge in [-0.1, -0.05) is 13.0 Å². The summed E-state index contributed by atoms with van der Waals surface area (Å²) in [7, 11) is 0. The molecule has 1 aliphatic rings. The highest BCUT2D eigenvalue weighted by Gasteiger charge is 2.25. The summed E-state index contributed by atoms with van der Waals surface area (Å²) < 4.78 is 0. The van der Waals surface area contributed by atoms with E-state index < -0.39 is 9.85 Å². The van der Waals surface area contributed by atoms with Crippen LogP contribution in [0.4, 0.5) is 45.9 Å². The number of aromatic nitrogens is 2. The molecule has 0 unspecified atom stereocenters. The third-order valence-electron chi connectivity index (χ3n) is 5.52. The largest absolute Gasteiger partial charge is 0.383 e. The summed E-state index contributed by atoms with van der Waals surface area (Å²) in [6.45, 7) is 2.80. The molecule has 1 aliphatic heterocycles. The maximum absolute atomic E-state index is 11.8. The molecular weight excluding hydrogens is 472 g/mol. The van der Waals surface area contributed by atoms with Gasteiger partial charge in [-0.2, -0.15) is 9.92 Å². The van der Waals surface area contributed by atoms with E-state index >= 15 is 0 Å². The lowest BCUT2D eigenvalue weighted by molar-refractivity contribution is -0.384. The standard InChI is InChI=1S/C21H24N10O5/c1-2-12-17(20(22)27-21(23)26-12)11-4-5-13(16(10-11)31(34)35)24-8-3-9-25-14-6-7-15(30(32)33)19-18(14)28-36-29-19/h4-7,10,24-25,28-29H,2-3,8-9H2,1H3,(H4,22,23,26,27). The van der Waals surface area contributed by atoms with Crippen LogP contribution < -0.4 is 33.1 Å². The fourth-order valence-electron chi connectivity index (χ4n) is 3.87. The first-order valence-electron chi connectivity index (χ1n) is 11.0. The minimum atomic E-state index is -0.508. The number of rotatable bonds is 10. The Morgan fingerprint density at radius 3 is 2.31 bits per heavy atom. The fourth-order valence-corrected chi connectivity index (χ4v) is 3.87. The highest BCUT2D eigenvalue weighted by Crippen LogP contribution is 2.41. The van der Waals surface area contributed by atoms with Crippen molar-refractivity contribution < 1.29 is 14.8 Å². The first-order valence-corrected chi connectivity index (χ1v) is 11.0. The third kappa shape index (κ3) is 4.80. The zero-order valence-corrected chi connectivity index (χ0v) is 19.2. The average molecular weight is 496 g/mol. The predicted molar refractivity (Wildman–Crippen MR) is 135 cm³/mol. The molecule has 8 N–H and O–H groups in total. The summed E-state index contributed by atoms with van der Waals surface area (Å²) in [5, 5.41) is 29.1. The van der Waals surface area contributed by atoms with Crippen molar-refractivity contribution in [1.29, 1.82) is 0 Å². The lowest BCUT2D eigenvalue weighted by Gasteiger charge is -2.13. The zero-order valence-electron chi connectivity index (χ0n) is 19.2. The molecule has 15 heteroatoms. The fraction of sp³-hybridized carbons (Fsp3) is 0.238. The summed E-state index contributed by atoms with van der Waals surface area (Å²) in [5.41, 5.74) is 19.8. The average Bonchev–Trinajstić information content (AvgIpc) is 3.33. The van der Waals surface area contributed by atoms with Crippen LogP contribution in [0.15, 0.2) is 30.3 Å². The summed E-state index contributed by atoms with van der Waals surface area (Å²) in [6, 6.07) is 7.72. The number of benzene rings is 2. The van der Waals surface area contributed by atoms with Gasteiger partial charge in [-0.25, -0.2) is 15.9 Å². The lowest BCUT2D eigenvalue weighted by atomic mass is 10.0. The van der Waals surface area contributed by atoms with Crippen molar-refractivity contribution in [3.8, 4) is 11.1 Å². The van der Waals surface area contributed by atoms with E-state index in [0.717, 1.165) is 0 Å². The van der Waals surface area contributed by atoms with E-state index in [1.807, 2.05) is 6.92 Å². The number of fused-ring (bicyclic) bond motifs is 1. The minimum Gasteiger partial charge on any atom is -0.383 e. The van der Waals surface area contributed by atoms with Gasteiger partial charge in [-0.05, 0) is 30.5 Å².